The average molecular weight is 307 g/mol. The van der Waals surface area contributed by atoms with Crippen molar-refractivity contribution >= 4 is 29.9 Å². The van der Waals surface area contributed by atoms with Crippen LogP contribution in [0.1, 0.15) is 28.8 Å². The predicted octanol–water partition coefficient (Wildman–Crippen LogP) is 3.98. The maximum Gasteiger partial charge on any atom is 0.257 e. The Morgan fingerprint density at radius 1 is 1.40 bits per heavy atom. The van der Waals surface area contributed by atoms with E-state index in [1.807, 2.05) is 16.8 Å². The summed E-state index contributed by atoms with van der Waals surface area (Å²) in [4.78, 5) is 15.0. The van der Waals surface area contributed by atoms with Crippen LogP contribution in [0.25, 0.3) is 0 Å². The number of thiol groups is 1. The van der Waals surface area contributed by atoms with Gasteiger partial charge in [-0.3, -0.25) is 4.79 Å². The Labute approximate surface area is 126 Å². The fraction of sp³-hybridized carbons (Fsp3) is 0.267. The van der Waals surface area contributed by atoms with E-state index in [0.717, 1.165) is 18.4 Å². The first-order valence-electron chi connectivity index (χ1n) is 6.45. The second-order valence-electron chi connectivity index (χ2n) is 4.96. The van der Waals surface area contributed by atoms with Crippen molar-refractivity contribution in [1.29, 1.82) is 0 Å². The van der Waals surface area contributed by atoms with Crippen LogP contribution in [-0.2, 0) is 6.54 Å². The van der Waals surface area contributed by atoms with Crippen molar-refractivity contribution in [2.45, 2.75) is 30.3 Å². The van der Waals surface area contributed by atoms with Gasteiger partial charge in [-0.2, -0.15) is 11.3 Å². The van der Waals surface area contributed by atoms with Crippen molar-refractivity contribution in [1.82, 2.24) is 4.90 Å². The maximum atomic E-state index is 13.9. The molecule has 1 aromatic carbocycles. The molecule has 1 aliphatic rings. The molecule has 0 spiro atoms. The van der Waals surface area contributed by atoms with Crippen LogP contribution < -0.4 is 0 Å². The number of thiophene rings is 1. The predicted molar refractivity (Wildman–Crippen MR) is 80.9 cm³/mol. The second-order valence-corrected chi connectivity index (χ2v) is 6.26. The van der Waals surface area contributed by atoms with Crippen LogP contribution in [0.5, 0.6) is 0 Å². The minimum absolute atomic E-state index is 0.111. The Kier molecular flexibility index (Phi) is 3.81. The van der Waals surface area contributed by atoms with Crippen LogP contribution in [0, 0.1) is 5.82 Å². The van der Waals surface area contributed by atoms with Crippen LogP contribution >= 0.6 is 24.0 Å². The second kappa shape index (κ2) is 5.58. The van der Waals surface area contributed by atoms with E-state index in [1.165, 1.54) is 12.1 Å². The molecule has 0 atom stereocenters. The Bertz CT molecular complexity index is 623. The lowest BCUT2D eigenvalue weighted by atomic mass is 10.1. The Morgan fingerprint density at radius 3 is 2.85 bits per heavy atom. The number of amides is 1. The fourth-order valence-corrected chi connectivity index (χ4v) is 3.03. The van der Waals surface area contributed by atoms with Crippen LogP contribution in [-0.4, -0.2) is 16.8 Å². The quantitative estimate of drug-likeness (QED) is 0.847. The van der Waals surface area contributed by atoms with Gasteiger partial charge in [0.15, 0.2) is 0 Å². The van der Waals surface area contributed by atoms with Gasteiger partial charge in [0.2, 0.25) is 0 Å². The molecule has 20 heavy (non-hydrogen) atoms. The summed E-state index contributed by atoms with van der Waals surface area (Å²) in [6.45, 7) is 0.545. The number of rotatable bonds is 4. The molecule has 0 unspecified atom stereocenters. The molecule has 1 aliphatic carbocycles. The van der Waals surface area contributed by atoms with Crippen LogP contribution in [0.15, 0.2) is 39.9 Å². The van der Waals surface area contributed by atoms with E-state index < -0.39 is 5.82 Å². The molecule has 0 radical (unpaired) electrons. The number of nitrogens with zero attached hydrogens (tertiary/aromatic N) is 1. The van der Waals surface area contributed by atoms with Crippen molar-refractivity contribution in [3.63, 3.8) is 0 Å². The zero-order valence-electron chi connectivity index (χ0n) is 10.8. The molecule has 5 heteroatoms. The molecule has 0 aliphatic heterocycles. The third-order valence-corrected chi connectivity index (χ3v) is 4.37. The SMILES string of the molecule is O=C(c1cc(S)ccc1F)N(Cc1ccsc1)C1CC1. The number of carbonyl (C=O) groups is 1. The number of hydrogen-bond donors (Lipinski definition) is 1. The molecule has 1 fully saturated rings. The van der Waals surface area contributed by atoms with E-state index in [-0.39, 0.29) is 17.5 Å². The first-order chi connectivity index (χ1) is 9.65. The summed E-state index contributed by atoms with van der Waals surface area (Å²) in [7, 11) is 0. The first kappa shape index (κ1) is 13.6. The molecule has 2 nitrogen and oxygen atoms in total. The summed E-state index contributed by atoms with van der Waals surface area (Å²) in [5, 5.41) is 4.01. The number of hydrogen-bond acceptors (Lipinski definition) is 3. The van der Waals surface area contributed by atoms with Gasteiger partial charge in [0.05, 0.1) is 5.56 Å². The first-order valence-corrected chi connectivity index (χ1v) is 7.84. The Balaban J connectivity index is 1.87. The van der Waals surface area contributed by atoms with E-state index >= 15 is 0 Å². The Morgan fingerprint density at radius 2 is 2.20 bits per heavy atom. The summed E-state index contributed by atoms with van der Waals surface area (Å²) in [5.74, 6) is -0.726. The van der Waals surface area contributed by atoms with Gasteiger partial charge in [-0.15, -0.1) is 12.6 Å². The minimum atomic E-state index is -0.483. The van der Waals surface area contributed by atoms with Gasteiger partial charge in [0, 0.05) is 17.5 Å². The molecular formula is C15H14FNOS2. The van der Waals surface area contributed by atoms with Crippen molar-refractivity contribution in [2.75, 3.05) is 0 Å². The van der Waals surface area contributed by atoms with Gasteiger partial charge in [-0.1, -0.05) is 0 Å². The lowest BCUT2D eigenvalue weighted by Gasteiger charge is -2.22. The topological polar surface area (TPSA) is 20.3 Å². The summed E-state index contributed by atoms with van der Waals surface area (Å²) in [6, 6.07) is 6.59. The molecule has 0 N–H and O–H groups in total. The van der Waals surface area contributed by atoms with Gasteiger partial charge < -0.3 is 4.90 Å². The fourth-order valence-electron chi connectivity index (χ4n) is 2.16. The molecule has 1 aromatic heterocycles. The standard InChI is InChI=1S/C15H14FNOS2/c16-14-4-3-12(19)7-13(14)15(18)17(11-1-2-11)8-10-5-6-20-9-10/h3-7,9,11,19H,1-2,8H2. The van der Waals surface area contributed by atoms with Crippen molar-refractivity contribution in [3.05, 3.63) is 52.0 Å². The minimum Gasteiger partial charge on any atom is -0.331 e. The smallest absolute Gasteiger partial charge is 0.257 e. The molecule has 2 aromatic rings. The summed E-state index contributed by atoms with van der Waals surface area (Å²) >= 11 is 5.79. The average Bonchev–Trinajstić information content (AvgIpc) is 3.15. The molecule has 1 amide bonds. The van der Waals surface area contributed by atoms with E-state index in [2.05, 4.69) is 12.6 Å². The van der Waals surface area contributed by atoms with Crippen molar-refractivity contribution in [2.24, 2.45) is 0 Å². The highest BCUT2D eigenvalue weighted by molar-refractivity contribution is 7.80. The van der Waals surface area contributed by atoms with Crippen molar-refractivity contribution in [3.8, 4) is 0 Å². The van der Waals surface area contributed by atoms with Gasteiger partial charge in [-0.05, 0) is 53.4 Å². The molecule has 1 heterocycles. The number of benzene rings is 1. The normalized spacial score (nSPS) is 14.3. The van der Waals surface area contributed by atoms with Gasteiger partial charge in [-0.25, -0.2) is 4.39 Å². The Hall–Kier alpha value is -1.33. The number of carbonyl (C=O) groups excluding carboxylic acids is 1. The molecule has 104 valence electrons. The largest absolute Gasteiger partial charge is 0.331 e. The van der Waals surface area contributed by atoms with E-state index in [1.54, 1.807) is 22.3 Å². The van der Waals surface area contributed by atoms with E-state index in [0.29, 0.717) is 11.4 Å². The summed E-state index contributed by atoms with van der Waals surface area (Å²) in [6.07, 6.45) is 2.00. The van der Waals surface area contributed by atoms with Gasteiger partial charge >= 0.3 is 0 Å². The highest BCUT2D eigenvalue weighted by Gasteiger charge is 2.34. The molecule has 0 saturated heterocycles. The molecule has 3 rings (SSSR count). The third-order valence-electron chi connectivity index (χ3n) is 3.36. The lowest BCUT2D eigenvalue weighted by Crippen LogP contribution is -2.33. The molecule has 1 saturated carbocycles. The van der Waals surface area contributed by atoms with E-state index in [9.17, 15) is 9.18 Å². The van der Waals surface area contributed by atoms with Crippen LogP contribution in [0.4, 0.5) is 4.39 Å². The van der Waals surface area contributed by atoms with Crippen LogP contribution in [0.2, 0.25) is 0 Å². The molecule has 0 bridgehead atoms. The highest BCUT2D eigenvalue weighted by atomic mass is 32.1. The third kappa shape index (κ3) is 2.88. The van der Waals surface area contributed by atoms with Gasteiger partial charge in [0.1, 0.15) is 5.82 Å². The zero-order chi connectivity index (χ0) is 14.1. The molecular weight excluding hydrogens is 293 g/mol. The maximum absolute atomic E-state index is 13.9. The highest BCUT2D eigenvalue weighted by Crippen LogP contribution is 2.31. The van der Waals surface area contributed by atoms with Crippen molar-refractivity contribution < 1.29 is 9.18 Å². The summed E-state index contributed by atoms with van der Waals surface area (Å²) in [5.41, 5.74) is 1.21. The lowest BCUT2D eigenvalue weighted by molar-refractivity contribution is 0.0725. The monoisotopic (exact) mass is 307 g/mol. The number of halogens is 1. The summed E-state index contributed by atoms with van der Waals surface area (Å²) < 4.78 is 13.9. The van der Waals surface area contributed by atoms with Gasteiger partial charge in [0.25, 0.3) is 5.91 Å². The zero-order valence-corrected chi connectivity index (χ0v) is 12.5. The van der Waals surface area contributed by atoms with E-state index in [4.69, 9.17) is 0 Å². The van der Waals surface area contributed by atoms with Crippen LogP contribution in [0.3, 0.4) is 0 Å².